The summed E-state index contributed by atoms with van der Waals surface area (Å²) in [6, 6.07) is 0. The Kier molecular flexibility index (Phi) is 5.24. The molecule has 0 aromatic carbocycles. The van der Waals surface area contributed by atoms with Gasteiger partial charge in [0, 0.05) is 5.92 Å². The van der Waals surface area contributed by atoms with Crippen LogP contribution in [0.2, 0.25) is 0 Å². The van der Waals surface area contributed by atoms with Crippen molar-refractivity contribution in [3.8, 4) is 5.88 Å². The van der Waals surface area contributed by atoms with Crippen LogP contribution in [0.1, 0.15) is 38.8 Å². The van der Waals surface area contributed by atoms with Crippen LogP contribution >= 0.6 is 15.9 Å². The molecule has 0 spiro atoms. The zero-order valence-electron chi connectivity index (χ0n) is 10.9. The van der Waals surface area contributed by atoms with Crippen molar-refractivity contribution in [2.45, 2.75) is 37.9 Å². The molecule has 0 fully saturated rings. The molecule has 1 rings (SSSR count). The van der Waals surface area contributed by atoms with Crippen LogP contribution in [0.5, 0.6) is 5.88 Å². The van der Waals surface area contributed by atoms with Gasteiger partial charge in [-0.25, -0.2) is 9.19 Å². The summed E-state index contributed by atoms with van der Waals surface area (Å²) in [4.78, 5) is 8.53. The van der Waals surface area contributed by atoms with E-state index in [-0.39, 0.29) is 5.92 Å². The first-order valence-corrected chi connectivity index (χ1v) is 7.51. The summed E-state index contributed by atoms with van der Waals surface area (Å²) >= 11 is 3.25. The summed E-state index contributed by atoms with van der Waals surface area (Å²) in [6.45, 7) is 5.74. The molecular formula is C11H18BrN3O2S. The average molecular weight is 336 g/mol. The van der Waals surface area contributed by atoms with Crippen LogP contribution in [0.15, 0.2) is 10.8 Å². The predicted molar refractivity (Wildman–Crippen MR) is 75.7 cm³/mol. The summed E-state index contributed by atoms with van der Waals surface area (Å²) in [5, 5.41) is 5.49. The maximum atomic E-state index is 11.5. The van der Waals surface area contributed by atoms with Gasteiger partial charge in [0.15, 0.2) is 0 Å². The number of nitrogens with two attached hydrogens (primary N) is 1. The summed E-state index contributed by atoms with van der Waals surface area (Å²) in [7, 11) is 0.173. The Morgan fingerprint density at radius 2 is 2.22 bits per heavy atom. The third-order valence-electron chi connectivity index (χ3n) is 2.74. The van der Waals surface area contributed by atoms with Crippen LogP contribution in [-0.4, -0.2) is 26.0 Å². The zero-order valence-corrected chi connectivity index (χ0v) is 13.3. The van der Waals surface area contributed by atoms with Gasteiger partial charge in [-0.1, -0.05) is 6.92 Å². The predicted octanol–water partition coefficient (Wildman–Crippen LogP) is 2.14. The summed E-state index contributed by atoms with van der Waals surface area (Å²) in [6.07, 6.45) is 2.27. The van der Waals surface area contributed by atoms with E-state index in [0.29, 0.717) is 16.9 Å². The molecule has 2 N–H and O–H groups in total. The van der Waals surface area contributed by atoms with Crippen molar-refractivity contribution in [1.29, 1.82) is 0 Å². The molecular weight excluding hydrogens is 318 g/mol. The van der Waals surface area contributed by atoms with Gasteiger partial charge in [0.25, 0.3) is 0 Å². The molecule has 102 valence electrons. The van der Waals surface area contributed by atoms with Crippen LogP contribution in [0.3, 0.4) is 0 Å². The molecule has 1 aromatic heterocycles. The van der Waals surface area contributed by atoms with Gasteiger partial charge in [-0.05, 0) is 36.2 Å². The quantitative estimate of drug-likeness (QED) is 0.894. The van der Waals surface area contributed by atoms with E-state index >= 15 is 0 Å². The van der Waals surface area contributed by atoms with Gasteiger partial charge >= 0.3 is 0 Å². The molecule has 2 atom stereocenters. The Labute approximate surface area is 118 Å². The van der Waals surface area contributed by atoms with Crippen molar-refractivity contribution in [1.82, 2.24) is 9.97 Å². The number of hydrogen-bond donors (Lipinski definition) is 1. The molecule has 0 bridgehead atoms. The fourth-order valence-corrected chi connectivity index (χ4v) is 2.44. The van der Waals surface area contributed by atoms with Gasteiger partial charge in [0.2, 0.25) is 5.88 Å². The first-order valence-electron chi connectivity index (χ1n) is 5.50. The first-order chi connectivity index (χ1) is 8.27. The molecule has 0 saturated heterocycles. The fourth-order valence-electron chi connectivity index (χ4n) is 1.77. The van der Waals surface area contributed by atoms with E-state index in [1.54, 1.807) is 13.3 Å². The largest absolute Gasteiger partial charge is 0.480 e. The van der Waals surface area contributed by atoms with E-state index in [1.807, 2.05) is 20.8 Å². The van der Waals surface area contributed by atoms with Crippen LogP contribution in [0.4, 0.5) is 0 Å². The lowest BCUT2D eigenvalue weighted by Gasteiger charge is -2.25. The minimum atomic E-state index is -1.38. The Morgan fingerprint density at radius 1 is 1.61 bits per heavy atom. The molecule has 0 aliphatic rings. The van der Waals surface area contributed by atoms with Crippen molar-refractivity contribution in [3.63, 3.8) is 0 Å². The Hall–Kier alpha value is -0.530. The summed E-state index contributed by atoms with van der Waals surface area (Å²) < 4.78 is 16.8. The van der Waals surface area contributed by atoms with Crippen LogP contribution in [0.25, 0.3) is 0 Å². The average Bonchev–Trinajstić information content (AvgIpc) is 2.27. The third-order valence-corrected chi connectivity index (χ3v) is 4.38. The summed E-state index contributed by atoms with van der Waals surface area (Å²) in [5.41, 5.74) is 0.749. The second-order valence-electron chi connectivity index (χ2n) is 4.75. The highest BCUT2D eigenvalue weighted by molar-refractivity contribution is 9.10. The molecule has 1 unspecified atom stereocenters. The van der Waals surface area contributed by atoms with E-state index in [2.05, 4.69) is 25.9 Å². The van der Waals surface area contributed by atoms with Crippen molar-refractivity contribution in [2.75, 3.05) is 7.11 Å². The van der Waals surface area contributed by atoms with Crippen LogP contribution in [-0.2, 0) is 11.0 Å². The molecule has 0 amide bonds. The molecule has 0 saturated carbocycles. The maximum absolute atomic E-state index is 11.5. The lowest BCUT2D eigenvalue weighted by Crippen LogP contribution is -2.33. The van der Waals surface area contributed by atoms with Gasteiger partial charge in [-0.3, -0.25) is 10.1 Å². The second-order valence-corrected chi connectivity index (χ2v) is 7.26. The Bertz CT molecular complexity index is 454. The number of nitrogens with zero attached hydrogens (tertiary/aromatic N) is 2. The van der Waals surface area contributed by atoms with Crippen LogP contribution < -0.4 is 9.88 Å². The van der Waals surface area contributed by atoms with Gasteiger partial charge < -0.3 is 4.74 Å². The molecule has 0 aliphatic heterocycles. The number of ether oxygens (including phenoxy) is 1. The zero-order chi connectivity index (χ0) is 13.9. The van der Waals surface area contributed by atoms with Crippen molar-refractivity contribution >= 4 is 26.9 Å². The van der Waals surface area contributed by atoms with Crippen molar-refractivity contribution in [3.05, 3.63) is 16.5 Å². The van der Waals surface area contributed by atoms with Crippen LogP contribution in [0, 0.1) is 0 Å². The lowest BCUT2D eigenvalue weighted by atomic mass is 9.95. The van der Waals surface area contributed by atoms with Gasteiger partial charge in [0.05, 0.1) is 29.0 Å². The topological polar surface area (TPSA) is 78.1 Å². The number of hydrogen-bond acceptors (Lipinski definition) is 4. The maximum Gasteiger partial charge on any atom is 0.236 e. The molecule has 0 aliphatic carbocycles. The third kappa shape index (κ3) is 3.73. The first kappa shape index (κ1) is 15.5. The minimum Gasteiger partial charge on any atom is -0.480 e. The minimum absolute atomic E-state index is 0.0584. The molecule has 0 radical (unpaired) electrons. The molecule has 18 heavy (non-hydrogen) atoms. The normalized spacial score (nSPS) is 15.2. The van der Waals surface area contributed by atoms with E-state index in [9.17, 15) is 4.21 Å². The van der Waals surface area contributed by atoms with Gasteiger partial charge in [0.1, 0.15) is 10.3 Å². The molecule has 1 heterocycles. The molecule has 7 heteroatoms. The lowest BCUT2D eigenvalue weighted by molar-refractivity contribution is 0.380. The SMILES string of the molecule is COc1nc(Br)cnc1[C@@H](C)CC(C)(C)S(N)=O. The van der Waals surface area contributed by atoms with Crippen molar-refractivity contribution in [2.24, 2.45) is 5.14 Å². The van der Waals surface area contributed by atoms with E-state index < -0.39 is 15.7 Å². The molecule has 5 nitrogen and oxygen atoms in total. The highest BCUT2D eigenvalue weighted by atomic mass is 79.9. The van der Waals surface area contributed by atoms with Gasteiger partial charge in [-0.2, -0.15) is 0 Å². The Balaban J connectivity index is 2.97. The standard InChI is InChI=1S/C11H18BrN3O2S/c1-7(5-11(2,3)18(13)16)9-10(17-4)15-8(12)6-14-9/h6-7H,5,13H2,1-4H3/t7-,18?/m0/s1. The number of rotatable bonds is 5. The summed E-state index contributed by atoms with van der Waals surface area (Å²) in [5.74, 6) is 0.540. The van der Waals surface area contributed by atoms with E-state index in [1.165, 1.54) is 0 Å². The van der Waals surface area contributed by atoms with E-state index in [0.717, 1.165) is 5.69 Å². The highest BCUT2D eigenvalue weighted by Gasteiger charge is 2.28. The number of halogens is 1. The second kappa shape index (κ2) is 6.08. The monoisotopic (exact) mass is 335 g/mol. The number of methoxy groups -OCH3 is 1. The Morgan fingerprint density at radius 3 is 2.72 bits per heavy atom. The smallest absolute Gasteiger partial charge is 0.236 e. The molecule has 1 aromatic rings. The van der Waals surface area contributed by atoms with Crippen molar-refractivity contribution < 1.29 is 8.95 Å². The van der Waals surface area contributed by atoms with Gasteiger partial charge in [-0.15, -0.1) is 0 Å². The van der Waals surface area contributed by atoms with E-state index in [4.69, 9.17) is 9.88 Å². The fraction of sp³-hybridized carbons (Fsp3) is 0.636. The highest BCUT2D eigenvalue weighted by Crippen LogP contribution is 2.31. The number of aromatic nitrogens is 2.